The number of halogens is 1. The molecule has 1 aliphatic carbocycles. The molecule has 1 N–H and O–H groups in total. The summed E-state index contributed by atoms with van der Waals surface area (Å²) in [6.07, 6.45) is 1.88. The molecular weight excluding hydrogens is 588 g/mol. The number of rotatable bonds is 3. The van der Waals surface area contributed by atoms with Gasteiger partial charge in [0.2, 0.25) is 17.2 Å². The van der Waals surface area contributed by atoms with E-state index in [0.717, 1.165) is 15.5 Å². The van der Waals surface area contributed by atoms with E-state index in [1.54, 1.807) is 32.3 Å². The van der Waals surface area contributed by atoms with Crippen molar-refractivity contribution in [3.8, 4) is 17.2 Å². The predicted octanol–water partition coefficient (Wildman–Crippen LogP) is 3.74. The Morgan fingerprint density at radius 3 is 2.50 bits per heavy atom. The minimum Gasteiger partial charge on any atom is -0.496 e. The zero-order chi connectivity index (χ0) is 31.2. The zero-order valence-corrected chi connectivity index (χ0v) is 25.2. The molecule has 11 nitrogen and oxygen atoms in total. The van der Waals surface area contributed by atoms with Gasteiger partial charge in [0.15, 0.2) is 5.75 Å². The Balaban J connectivity index is 1.49. The number of allylic oxidation sites excluding steroid dienone is 1. The number of hydrogen-bond acceptors (Lipinski definition) is 9. The number of carbonyl (C=O) groups is 2. The Morgan fingerprint density at radius 2 is 1.77 bits per heavy atom. The summed E-state index contributed by atoms with van der Waals surface area (Å²) in [6.45, 7) is 1.75. The summed E-state index contributed by atoms with van der Waals surface area (Å²) in [4.78, 5) is 60.6. The lowest BCUT2D eigenvalue weighted by atomic mass is 9.66. The van der Waals surface area contributed by atoms with Crippen molar-refractivity contribution in [3.63, 3.8) is 0 Å². The monoisotopic (exact) mass is 614 g/mol. The summed E-state index contributed by atoms with van der Waals surface area (Å²) in [6, 6.07) is 10.7. The normalized spacial score (nSPS) is 22.0. The van der Waals surface area contributed by atoms with Crippen LogP contribution in [0.2, 0.25) is 5.02 Å². The van der Waals surface area contributed by atoms with Crippen LogP contribution < -0.4 is 30.8 Å². The molecule has 0 fully saturated rings. The SMILES string of the molecule is COc1cc(OC)c2c(c1Cl)OC1(C(=O)C3=C(CC1C)Nc1c(c(=O)n(C)c(=O)n1C)C3c1ccc3ncccc3c1)C2=O. The highest BCUT2D eigenvalue weighted by atomic mass is 35.5. The lowest BCUT2D eigenvalue weighted by molar-refractivity contribution is -0.130. The largest absolute Gasteiger partial charge is 0.496 e. The molecule has 2 aliphatic heterocycles. The predicted molar refractivity (Wildman–Crippen MR) is 162 cm³/mol. The maximum atomic E-state index is 15.0. The molecule has 0 amide bonds. The van der Waals surface area contributed by atoms with E-state index in [1.807, 2.05) is 18.2 Å². The summed E-state index contributed by atoms with van der Waals surface area (Å²) in [7, 11) is 5.79. The van der Waals surface area contributed by atoms with Crippen LogP contribution in [0.25, 0.3) is 10.9 Å². The lowest BCUT2D eigenvalue weighted by Crippen LogP contribution is -2.58. The molecule has 224 valence electrons. The fourth-order valence-corrected chi connectivity index (χ4v) is 7.06. The van der Waals surface area contributed by atoms with Crippen molar-refractivity contribution in [2.24, 2.45) is 20.0 Å². The highest BCUT2D eigenvalue weighted by molar-refractivity contribution is 6.36. The summed E-state index contributed by atoms with van der Waals surface area (Å²) >= 11 is 6.63. The van der Waals surface area contributed by atoms with Crippen molar-refractivity contribution in [2.75, 3.05) is 19.5 Å². The maximum Gasteiger partial charge on any atom is 0.332 e. The molecule has 2 aromatic heterocycles. The van der Waals surface area contributed by atoms with E-state index in [1.165, 1.54) is 31.9 Å². The molecule has 0 saturated carbocycles. The first kappa shape index (κ1) is 27.9. The molecule has 7 rings (SSSR count). The number of pyridine rings is 1. The fourth-order valence-electron chi connectivity index (χ4n) is 6.80. The minimum absolute atomic E-state index is 0.00734. The van der Waals surface area contributed by atoms with Gasteiger partial charge in [0.05, 0.1) is 25.3 Å². The molecule has 3 aliphatic rings. The van der Waals surface area contributed by atoms with Gasteiger partial charge in [-0.3, -0.25) is 28.5 Å². The van der Waals surface area contributed by atoms with E-state index in [9.17, 15) is 19.2 Å². The molecule has 4 aromatic rings. The first-order chi connectivity index (χ1) is 21.0. The van der Waals surface area contributed by atoms with Crippen LogP contribution in [0.3, 0.4) is 0 Å². The summed E-state index contributed by atoms with van der Waals surface area (Å²) < 4.78 is 19.6. The van der Waals surface area contributed by atoms with Gasteiger partial charge in [-0.15, -0.1) is 0 Å². The number of ether oxygens (including phenoxy) is 3. The molecular formula is C32H27ClN4O7. The van der Waals surface area contributed by atoms with E-state index >= 15 is 0 Å². The van der Waals surface area contributed by atoms with Crippen molar-refractivity contribution in [2.45, 2.75) is 24.9 Å². The Hall–Kier alpha value is -4.90. The average molecular weight is 615 g/mol. The molecule has 44 heavy (non-hydrogen) atoms. The number of hydrogen-bond donors (Lipinski definition) is 1. The van der Waals surface area contributed by atoms with Crippen molar-refractivity contribution < 1.29 is 23.8 Å². The second kappa shape index (κ2) is 9.55. The number of methoxy groups -OCH3 is 2. The van der Waals surface area contributed by atoms with Gasteiger partial charge in [0, 0.05) is 54.9 Å². The molecule has 0 bridgehead atoms. The third-order valence-corrected chi connectivity index (χ3v) is 9.39. The van der Waals surface area contributed by atoms with Crippen LogP contribution in [0.1, 0.15) is 40.7 Å². The van der Waals surface area contributed by atoms with Gasteiger partial charge in [-0.1, -0.05) is 30.7 Å². The van der Waals surface area contributed by atoms with Gasteiger partial charge in [-0.25, -0.2) is 4.79 Å². The zero-order valence-electron chi connectivity index (χ0n) is 24.5. The maximum absolute atomic E-state index is 15.0. The van der Waals surface area contributed by atoms with Crippen LogP contribution >= 0.6 is 11.6 Å². The van der Waals surface area contributed by atoms with Gasteiger partial charge >= 0.3 is 5.69 Å². The van der Waals surface area contributed by atoms with E-state index in [-0.39, 0.29) is 45.4 Å². The van der Waals surface area contributed by atoms with E-state index in [0.29, 0.717) is 17.1 Å². The number of ketones is 2. The van der Waals surface area contributed by atoms with E-state index in [2.05, 4.69) is 10.3 Å². The van der Waals surface area contributed by atoms with Crippen LogP contribution in [0, 0.1) is 5.92 Å². The number of nitrogens with zero attached hydrogens (tertiary/aromatic N) is 3. The molecule has 0 radical (unpaired) electrons. The first-order valence-electron chi connectivity index (χ1n) is 13.9. The number of benzene rings is 2. The third-order valence-electron chi connectivity index (χ3n) is 9.04. The number of nitrogens with one attached hydrogen (secondary N) is 1. The summed E-state index contributed by atoms with van der Waals surface area (Å²) in [5.41, 5.74) is -0.738. The van der Waals surface area contributed by atoms with Crippen LogP contribution in [0.5, 0.6) is 17.2 Å². The van der Waals surface area contributed by atoms with Crippen LogP contribution in [-0.4, -0.2) is 45.5 Å². The number of Topliss-reactive ketones (excluding diaryl/α,β-unsaturated/α-hetero) is 2. The van der Waals surface area contributed by atoms with Crippen LogP contribution in [0.15, 0.2) is 63.5 Å². The van der Waals surface area contributed by atoms with Gasteiger partial charge in [-0.2, -0.15) is 0 Å². The Labute approximate surface area is 255 Å². The number of aromatic nitrogens is 3. The van der Waals surface area contributed by atoms with Crippen molar-refractivity contribution >= 4 is 39.9 Å². The molecule has 2 aromatic carbocycles. The molecule has 1 spiro atoms. The lowest BCUT2D eigenvalue weighted by Gasteiger charge is -2.42. The minimum atomic E-state index is -1.98. The summed E-state index contributed by atoms with van der Waals surface area (Å²) in [5.74, 6) is -2.10. The number of carbonyl (C=O) groups excluding carboxylic acids is 2. The van der Waals surface area contributed by atoms with Gasteiger partial charge in [0.1, 0.15) is 27.9 Å². The first-order valence-corrected chi connectivity index (χ1v) is 14.3. The Morgan fingerprint density at radius 1 is 1.02 bits per heavy atom. The fraction of sp³-hybridized carbons (Fsp3) is 0.281. The summed E-state index contributed by atoms with van der Waals surface area (Å²) in [5, 5.41) is 4.07. The quantitative estimate of drug-likeness (QED) is 0.343. The van der Waals surface area contributed by atoms with Crippen LogP contribution in [-0.2, 0) is 18.9 Å². The number of fused-ring (bicyclic) bond motifs is 3. The standard InChI is InChI=1S/C32H27ClN4O7/c1-14-11-18-22(27(38)32(14)28(39)23-19(42-4)13-20(43-5)25(33)26(23)44-32)21(16-8-9-17-15(12-16)7-6-10-34-17)24-29(35-18)36(2)31(41)37(3)30(24)40/h6-10,12-14,21,35H,11H2,1-5H3. The van der Waals surface area contributed by atoms with Crippen LogP contribution in [0.4, 0.5) is 5.82 Å². The highest BCUT2D eigenvalue weighted by Crippen LogP contribution is 2.56. The Kier molecular flexibility index (Phi) is 6.06. The van der Waals surface area contributed by atoms with Crippen molar-refractivity contribution in [1.82, 2.24) is 14.1 Å². The molecule has 4 heterocycles. The van der Waals surface area contributed by atoms with E-state index in [4.69, 9.17) is 25.8 Å². The third kappa shape index (κ3) is 3.47. The molecule has 0 saturated heterocycles. The Bertz CT molecular complexity index is 2130. The second-order valence-electron chi connectivity index (χ2n) is 11.3. The molecule has 12 heteroatoms. The number of anilines is 1. The van der Waals surface area contributed by atoms with Crippen molar-refractivity contribution in [1.29, 1.82) is 0 Å². The van der Waals surface area contributed by atoms with Gasteiger partial charge < -0.3 is 19.5 Å². The smallest absolute Gasteiger partial charge is 0.332 e. The second-order valence-corrected chi connectivity index (χ2v) is 11.7. The molecule has 3 atom stereocenters. The topological polar surface area (TPSA) is 131 Å². The average Bonchev–Trinajstić information content (AvgIpc) is 3.35. The van der Waals surface area contributed by atoms with Gasteiger partial charge in [-0.05, 0) is 30.2 Å². The molecule has 3 unspecified atom stereocenters. The van der Waals surface area contributed by atoms with Crippen molar-refractivity contribution in [3.05, 3.63) is 96.4 Å². The van der Waals surface area contributed by atoms with Gasteiger partial charge in [0.25, 0.3) is 5.56 Å². The highest BCUT2D eigenvalue weighted by Gasteiger charge is 2.63. The van der Waals surface area contributed by atoms with E-state index < -0.39 is 40.3 Å².